The van der Waals surface area contributed by atoms with Gasteiger partial charge in [0.15, 0.2) is 5.13 Å². The number of aromatic nitrogens is 1. The van der Waals surface area contributed by atoms with Crippen molar-refractivity contribution in [3.05, 3.63) is 65.0 Å². The van der Waals surface area contributed by atoms with Crippen molar-refractivity contribution in [2.45, 2.75) is 30.2 Å². The van der Waals surface area contributed by atoms with Crippen molar-refractivity contribution in [1.29, 1.82) is 0 Å². The lowest BCUT2D eigenvalue weighted by Crippen LogP contribution is -2.43. The SMILES string of the molecule is O=C(Nc1nc2c(s1)Cc1ccccc1-2)C1CCCN1S(=O)(=O)c1ccccc1. The molecule has 2 aliphatic rings. The van der Waals surface area contributed by atoms with Crippen LogP contribution < -0.4 is 5.32 Å². The molecule has 2 aromatic carbocycles. The summed E-state index contributed by atoms with van der Waals surface area (Å²) in [6.45, 7) is 0.344. The van der Waals surface area contributed by atoms with Crippen LogP contribution in [0.3, 0.4) is 0 Å². The van der Waals surface area contributed by atoms with Gasteiger partial charge in [-0.2, -0.15) is 4.31 Å². The van der Waals surface area contributed by atoms with Crippen molar-refractivity contribution in [3.8, 4) is 11.3 Å². The second kappa shape index (κ2) is 7.05. The number of nitrogens with one attached hydrogen (secondary N) is 1. The number of fused-ring (bicyclic) bond motifs is 3. The third kappa shape index (κ3) is 3.17. The Hall–Kier alpha value is -2.55. The third-order valence-corrected chi connectivity index (χ3v) is 8.30. The van der Waals surface area contributed by atoms with Crippen molar-refractivity contribution in [1.82, 2.24) is 9.29 Å². The fourth-order valence-corrected chi connectivity index (χ4v) is 6.70. The molecule has 5 rings (SSSR count). The summed E-state index contributed by atoms with van der Waals surface area (Å²) >= 11 is 1.46. The van der Waals surface area contributed by atoms with E-state index in [1.165, 1.54) is 21.2 Å². The number of benzene rings is 2. The van der Waals surface area contributed by atoms with E-state index in [0.29, 0.717) is 24.5 Å². The Morgan fingerprint density at radius 2 is 1.86 bits per heavy atom. The maximum Gasteiger partial charge on any atom is 0.244 e. The number of amides is 1. The first-order valence-electron chi connectivity index (χ1n) is 9.50. The molecule has 1 N–H and O–H groups in total. The van der Waals surface area contributed by atoms with Gasteiger partial charge in [-0.05, 0) is 30.5 Å². The van der Waals surface area contributed by atoms with Crippen molar-refractivity contribution in [3.63, 3.8) is 0 Å². The molecule has 0 bridgehead atoms. The van der Waals surface area contributed by atoms with Gasteiger partial charge in [0.2, 0.25) is 15.9 Å². The second-order valence-corrected chi connectivity index (χ2v) is 10.2. The summed E-state index contributed by atoms with van der Waals surface area (Å²) in [7, 11) is -3.71. The number of sulfonamides is 1. The first-order valence-corrected chi connectivity index (χ1v) is 11.8. The van der Waals surface area contributed by atoms with E-state index in [1.807, 2.05) is 18.2 Å². The Kier molecular flexibility index (Phi) is 4.49. The standard InChI is InChI=1S/C21H19N3O3S2/c25-20(17-11-6-12-24(17)29(26,27)15-8-2-1-3-9-15)23-21-22-19-16-10-5-4-7-14(16)13-18(19)28-21/h1-5,7-10,17H,6,11-13H2,(H,22,23,25). The smallest absolute Gasteiger partial charge is 0.244 e. The van der Waals surface area contributed by atoms with Crippen molar-refractivity contribution in [2.24, 2.45) is 0 Å². The molecule has 8 heteroatoms. The van der Waals surface area contributed by atoms with Gasteiger partial charge < -0.3 is 5.32 Å². The van der Waals surface area contributed by atoms with Crippen LogP contribution >= 0.6 is 11.3 Å². The van der Waals surface area contributed by atoms with E-state index in [-0.39, 0.29) is 10.8 Å². The van der Waals surface area contributed by atoms with E-state index >= 15 is 0 Å². The molecule has 2 heterocycles. The van der Waals surface area contributed by atoms with Gasteiger partial charge in [0, 0.05) is 23.4 Å². The van der Waals surface area contributed by atoms with Crippen molar-refractivity contribution >= 4 is 32.4 Å². The van der Waals surface area contributed by atoms with Gasteiger partial charge in [0.1, 0.15) is 6.04 Å². The number of thiazole rings is 1. The summed E-state index contributed by atoms with van der Waals surface area (Å²) < 4.78 is 27.3. The van der Waals surface area contributed by atoms with Crippen LogP contribution in [0.15, 0.2) is 59.5 Å². The molecular formula is C21H19N3O3S2. The molecule has 1 aromatic heterocycles. The predicted molar refractivity (Wildman–Crippen MR) is 112 cm³/mol. The third-order valence-electron chi connectivity index (χ3n) is 5.41. The summed E-state index contributed by atoms with van der Waals surface area (Å²) in [5.41, 5.74) is 3.27. The molecule has 3 aromatic rings. The number of rotatable bonds is 4. The van der Waals surface area contributed by atoms with Crippen LogP contribution in [0.25, 0.3) is 11.3 Å². The Morgan fingerprint density at radius 3 is 2.69 bits per heavy atom. The summed E-state index contributed by atoms with van der Waals surface area (Å²) in [6, 6.07) is 15.7. The van der Waals surface area contributed by atoms with E-state index in [9.17, 15) is 13.2 Å². The lowest BCUT2D eigenvalue weighted by Gasteiger charge is -2.23. The zero-order chi connectivity index (χ0) is 20.0. The largest absolute Gasteiger partial charge is 0.301 e. The van der Waals surface area contributed by atoms with Crippen LogP contribution in [-0.4, -0.2) is 36.2 Å². The van der Waals surface area contributed by atoms with Gasteiger partial charge in [0.05, 0.1) is 10.6 Å². The molecule has 1 aliphatic carbocycles. The molecular weight excluding hydrogens is 406 g/mol. The molecule has 29 heavy (non-hydrogen) atoms. The average molecular weight is 426 g/mol. The maximum absolute atomic E-state index is 13.0. The quantitative estimate of drug-likeness (QED) is 0.543. The molecule has 1 unspecified atom stereocenters. The van der Waals surface area contributed by atoms with E-state index in [2.05, 4.69) is 16.4 Å². The maximum atomic E-state index is 13.0. The van der Waals surface area contributed by atoms with Gasteiger partial charge in [-0.1, -0.05) is 42.5 Å². The summed E-state index contributed by atoms with van der Waals surface area (Å²) in [4.78, 5) is 18.9. The van der Waals surface area contributed by atoms with Crippen LogP contribution in [-0.2, 0) is 21.2 Å². The fourth-order valence-electron chi connectivity index (χ4n) is 4.02. The van der Waals surface area contributed by atoms with Gasteiger partial charge in [-0.25, -0.2) is 13.4 Å². The zero-order valence-corrected chi connectivity index (χ0v) is 17.2. The highest BCUT2D eigenvalue weighted by Crippen LogP contribution is 2.41. The van der Waals surface area contributed by atoms with Crippen molar-refractivity contribution in [2.75, 3.05) is 11.9 Å². The van der Waals surface area contributed by atoms with Gasteiger partial charge in [-0.15, -0.1) is 11.3 Å². The summed E-state index contributed by atoms with van der Waals surface area (Å²) in [5.74, 6) is -0.317. The van der Waals surface area contributed by atoms with Crippen LogP contribution in [0.4, 0.5) is 5.13 Å². The molecule has 1 amide bonds. The minimum atomic E-state index is -3.71. The molecule has 1 fully saturated rings. The average Bonchev–Trinajstić information content (AvgIpc) is 3.43. The van der Waals surface area contributed by atoms with Crippen LogP contribution in [0.2, 0.25) is 0 Å². The van der Waals surface area contributed by atoms with Crippen molar-refractivity contribution < 1.29 is 13.2 Å². The van der Waals surface area contributed by atoms with E-state index in [0.717, 1.165) is 22.6 Å². The Labute approximate surface area is 173 Å². The van der Waals surface area contributed by atoms with Gasteiger partial charge >= 0.3 is 0 Å². The number of carbonyl (C=O) groups is 1. The highest BCUT2D eigenvalue weighted by atomic mass is 32.2. The first kappa shape index (κ1) is 18.5. The number of hydrogen-bond donors (Lipinski definition) is 1. The van der Waals surface area contributed by atoms with Crippen LogP contribution in [0, 0.1) is 0 Å². The number of hydrogen-bond acceptors (Lipinski definition) is 5. The highest BCUT2D eigenvalue weighted by molar-refractivity contribution is 7.89. The molecule has 1 atom stereocenters. The second-order valence-electron chi connectivity index (χ2n) is 7.20. The topological polar surface area (TPSA) is 79.4 Å². The molecule has 0 radical (unpaired) electrons. The first-order chi connectivity index (χ1) is 14.0. The van der Waals surface area contributed by atoms with Crippen LogP contribution in [0.1, 0.15) is 23.3 Å². The molecule has 1 saturated heterocycles. The molecule has 0 saturated carbocycles. The lowest BCUT2D eigenvalue weighted by molar-refractivity contribution is -0.119. The van der Waals surface area contributed by atoms with Gasteiger partial charge in [0.25, 0.3) is 0 Å². The molecule has 6 nitrogen and oxygen atoms in total. The summed E-state index contributed by atoms with van der Waals surface area (Å²) in [6.07, 6.45) is 1.98. The lowest BCUT2D eigenvalue weighted by atomic mass is 10.1. The number of carbonyl (C=O) groups excluding carboxylic acids is 1. The van der Waals surface area contributed by atoms with Crippen LogP contribution in [0.5, 0.6) is 0 Å². The fraction of sp³-hybridized carbons (Fsp3) is 0.238. The minimum Gasteiger partial charge on any atom is -0.301 e. The normalized spacial score (nSPS) is 18.4. The summed E-state index contributed by atoms with van der Waals surface area (Å²) in [5, 5.41) is 3.39. The van der Waals surface area contributed by atoms with E-state index in [1.54, 1.807) is 30.3 Å². The Morgan fingerprint density at radius 1 is 1.10 bits per heavy atom. The van der Waals surface area contributed by atoms with E-state index in [4.69, 9.17) is 0 Å². The molecule has 148 valence electrons. The number of anilines is 1. The van der Waals surface area contributed by atoms with E-state index < -0.39 is 16.1 Å². The minimum absolute atomic E-state index is 0.213. The highest BCUT2D eigenvalue weighted by Gasteiger charge is 2.39. The van der Waals surface area contributed by atoms with Gasteiger partial charge in [-0.3, -0.25) is 4.79 Å². The zero-order valence-electron chi connectivity index (χ0n) is 15.5. The predicted octanol–water partition coefficient (Wildman–Crippen LogP) is 3.51. The molecule has 1 aliphatic heterocycles. The molecule has 0 spiro atoms. The Balaban J connectivity index is 1.37. The Bertz CT molecular complexity index is 1190. The monoisotopic (exact) mass is 425 g/mol. The number of nitrogens with zero attached hydrogens (tertiary/aromatic N) is 2.